The van der Waals surface area contributed by atoms with Crippen LogP contribution in [-0.4, -0.2) is 38.3 Å². The molecule has 1 aromatic carbocycles. The monoisotopic (exact) mass is 325 g/mol. The Bertz CT molecular complexity index is 798. The molecule has 0 spiro atoms. The van der Waals surface area contributed by atoms with E-state index in [9.17, 15) is 0 Å². The van der Waals surface area contributed by atoms with Gasteiger partial charge in [0, 0.05) is 24.9 Å². The number of hydrogen-bond acceptors (Lipinski definition) is 7. The van der Waals surface area contributed by atoms with Gasteiger partial charge in [0.2, 0.25) is 17.6 Å². The molecule has 0 N–H and O–H groups in total. The first kappa shape index (κ1) is 15.0. The third-order valence-corrected chi connectivity index (χ3v) is 4.27. The number of rotatable bonds is 4. The van der Waals surface area contributed by atoms with Crippen LogP contribution in [0.25, 0.3) is 11.4 Å². The summed E-state index contributed by atoms with van der Waals surface area (Å²) in [6.45, 7) is 4.35. The van der Waals surface area contributed by atoms with Gasteiger partial charge < -0.3 is 9.05 Å². The van der Waals surface area contributed by atoms with Crippen molar-refractivity contribution in [1.82, 2.24) is 25.2 Å². The van der Waals surface area contributed by atoms with Crippen molar-refractivity contribution in [3.05, 3.63) is 47.9 Å². The number of aromatic nitrogens is 4. The van der Waals surface area contributed by atoms with E-state index in [2.05, 4.69) is 25.2 Å². The van der Waals surface area contributed by atoms with E-state index < -0.39 is 0 Å². The summed E-state index contributed by atoms with van der Waals surface area (Å²) >= 11 is 0. The van der Waals surface area contributed by atoms with Crippen LogP contribution in [0.15, 0.2) is 39.4 Å². The Kier molecular flexibility index (Phi) is 4.08. The number of aryl methyl sites for hydroxylation is 1. The molecule has 1 saturated heterocycles. The van der Waals surface area contributed by atoms with E-state index in [1.807, 2.05) is 37.3 Å². The molecule has 1 atom stereocenters. The van der Waals surface area contributed by atoms with Crippen LogP contribution in [0.5, 0.6) is 0 Å². The Morgan fingerprint density at radius 2 is 2.00 bits per heavy atom. The van der Waals surface area contributed by atoms with Gasteiger partial charge in [-0.05, 0) is 19.4 Å². The predicted molar refractivity (Wildman–Crippen MR) is 86.0 cm³/mol. The fraction of sp³-hybridized carbons (Fsp3) is 0.412. The lowest BCUT2D eigenvalue weighted by atomic mass is 9.97. The molecule has 0 saturated carbocycles. The van der Waals surface area contributed by atoms with Gasteiger partial charge in [-0.15, -0.1) is 0 Å². The molecule has 0 radical (unpaired) electrons. The Balaban J connectivity index is 1.43. The summed E-state index contributed by atoms with van der Waals surface area (Å²) in [4.78, 5) is 11.2. The maximum atomic E-state index is 5.41. The first-order chi connectivity index (χ1) is 11.8. The zero-order valence-corrected chi connectivity index (χ0v) is 13.6. The van der Waals surface area contributed by atoms with Gasteiger partial charge in [0.05, 0.1) is 6.54 Å². The van der Waals surface area contributed by atoms with Crippen LogP contribution in [0.2, 0.25) is 0 Å². The van der Waals surface area contributed by atoms with Gasteiger partial charge >= 0.3 is 0 Å². The standard InChI is InChI=1S/C17H19N5O2/c1-12-18-17(20-23-12)14-8-5-9-22(10-14)11-15-19-16(21-24-15)13-6-3-2-4-7-13/h2-4,6-7,14H,5,8-11H2,1H3. The maximum absolute atomic E-state index is 5.41. The van der Waals surface area contributed by atoms with Gasteiger partial charge in [-0.1, -0.05) is 40.6 Å². The van der Waals surface area contributed by atoms with Crippen LogP contribution in [0, 0.1) is 6.92 Å². The summed E-state index contributed by atoms with van der Waals surface area (Å²) in [6, 6.07) is 9.85. The second kappa shape index (κ2) is 6.52. The highest BCUT2D eigenvalue weighted by Gasteiger charge is 2.26. The highest BCUT2D eigenvalue weighted by atomic mass is 16.5. The van der Waals surface area contributed by atoms with Crippen molar-refractivity contribution in [2.75, 3.05) is 13.1 Å². The van der Waals surface area contributed by atoms with E-state index in [0.717, 1.165) is 37.3 Å². The molecule has 0 amide bonds. The molecule has 2 aromatic heterocycles. The van der Waals surface area contributed by atoms with E-state index in [-0.39, 0.29) is 0 Å². The van der Waals surface area contributed by atoms with Crippen LogP contribution >= 0.6 is 0 Å². The van der Waals surface area contributed by atoms with Gasteiger partial charge in [-0.2, -0.15) is 9.97 Å². The minimum Gasteiger partial charge on any atom is -0.340 e. The molecule has 1 unspecified atom stereocenters. The van der Waals surface area contributed by atoms with E-state index >= 15 is 0 Å². The van der Waals surface area contributed by atoms with Crippen molar-refractivity contribution in [3.8, 4) is 11.4 Å². The average Bonchev–Trinajstić information content (AvgIpc) is 3.25. The number of piperidine rings is 1. The normalized spacial score (nSPS) is 18.8. The lowest BCUT2D eigenvalue weighted by molar-refractivity contribution is 0.173. The smallest absolute Gasteiger partial charge is 0.241 e. The van der Waals surface area contributed by atoms with Gasteiger partial charge in [-0.25, -0.2) is 0 Å². The van der Waals surface area contributed by atoms with Crippen molar-refractivity contribution < 1.29 is 9.05 Å². The molecule has 1 aliphatic heterocycles. The first-order valence-corrected chi connectivity index (χ1v) is 8.18. The number of nitrogens with zero attached hydrogens (tertiary/aromatic N) is 5. The number of benzene rings is 1. The molecule has 0 aliphatic carbocycles. The van der Waals surface area contributed by atoms with Crippen LogP contribution in [0.3, 0.4) is 0 Å². The Hall–Kier alpha value is -2.54. The van der Waals surface area contributed by atoms with Gasteiger partial charge in [0.15, 0.2) is 5.82 Å². The molecule has 0 bridgehead atoms. The molecule has 24 heavy (non-hydrogen) atoms. The minimum atomic E-state index is 0.299. The summed E-state index contributed by atoms with van der Waals surface area (Å²) in [5.74, 6) is 2.98. The average molecular weight is 325 g/mol. The molecular weight excluding hydrogens is 306 g/mol. The van der Waals surface area contributed by atoms with Crippen molar-refractivity contribution in [2.24, 2.45) is 0 Å². The molecule has 3 aromatic rings. The Labute approximate surface area is 139 Å². The zero-order chi connectivity index (χ0) is 16.4. The summed E-state index contributed by atoms with van der Waals surface area (Å²) in [5, 5.41) is 8.14. The van der Waals surface area contributed by atoms with Gasteiger partial charge in [0.25, 0.3) is 0 Å². The topological polar surface area (TPSA) is 81.1 Å². The number of hydrogen-bond donors (Lipinski definition) is 0. The van der Waals surface area contributed by atoms with Crippen molar-refractivity contribution in [3.63, 3.8) is 0 Å². The van der Waals surface area contributed by atoms with E-state index in [0.29, 0.717) is 30.1 Å². The molecule has 124 valence electrons. The van der Waals surface area contributed by atoms with Gasteiger partial charge in [-0.3, -0.25) is 4.90 Å². The second-order valence-corrected chi connectivity index (χ2v) is 6.12. The largest absolute Gasteiger partial charge is 0.340 e. The molecule has 4 rings (SSSR count). The predicted octanol–water partition coefficient (Wildman–Crippen LogP) is 2.81. The quantitative estimate of drug-likeness (QED) is 0.729. The summed E-state index contributed by atoms with van der Waals surface area (Å²) in [7, 11) is 0. The fourth-order valence-corrected chi connectivity index (χ4v) is 3.11. The number of likely N-dealkylation sites (tertiary alicyclic amines) is 1. The van der Waals surface area contributed by atoms with E-state index in [4.69, 9.17) is 9.05 Å². The second-order valence-electron chi connectivity index (χ2n) is 6.12. The fourth-order valence-electron chi connectivity index (χ4n) is 3.11. The van der Waals surface area contributed by atoms with Gasteiger partial charge in [0.1, 0.15) is 0 Å². The van der Waals surface area contributed by atoms with E-state index in [1.54, 1.807) is 0 Å². The lowest BCUT2D eigenvalue weighted by Gasteiger charge is -2.29. The zero-order valence-electron chi connectivity index (χ0n) is 13.6. The third kappa shape index (κ3) is 3.21. The molecule has 7 heteroatoms. The first-order valence-electron chi connectivity index (χ1n) is 8.18. The van der Waals surface area contributed by atoms with Crippen molar-refractivity contribution in [2.45, 2.75) is 32.2 Å². The Morgan fingerprint density at radius 3 is 2.79 bits per heavy atom. The van der Waals surface area contributed by atoms with Crippen molar-refractivity contribution in [1.29, 1.82) is 0 Å². The summed E-state index contributed by atoms with van der Waals surface area (Å²) < 4.78 is 10.5. The molecule has 7 nitrogen and oxygen atoms in total. The molecular formula is C17H19N5O2. The van der Waals surface area contributed by atoms with Crippen LogP contribution < -0.4 is 0 Å². The van der Waals surface area contributed by atoms with E-state index in [1.165, 1.54) is 0 Å². The summed E-state index contributed by atoms with van der Waals surface area (Å²) in [6.07, 6.45) is 2.17. The highest BCUT2D eigenvalue weighted by Crippen LogP contribution is 2.26. The Morgan fingerprint density at radius 1 is 1.12 bits per heavy atom. The summed E-state index contributed by atoms with van der Waals surface area (Å²) in [5.41, 5.74) is 0.964. The highest BCUT2D eigenvalue weighted by molar-refractivity contribution is 5.53. The van der Waals surface area contributed by atoms with Crippen LogP contribution in [0.1, 0.15) is 36.4 Å². The van der Waals surface area contributed by atoms with Crippen molar-refractivity contribution >= 4 is 0 Å². The lowest BCUT2D eigenvalue weighted by Crippen LogP contribution is -2.34. The molecule has 1 aliphatic rings. The van der Waals surface area contributed by atoms with Crippen LogP contribution in [-0.2, 0) is 6.54 Å². The minimum absolute atomic E-state index is 0.299. The maximum Gasteiger partial charge on any atom is 0.241 e. The molecule has 1 fully saturated rings. The van der Waals surface area contributed by atoms with Crippen LogP contribution in [0.4, 0.5) is 0 Å². The molecule has 3 heterocycles. The third-order valence-electron chi connectivity index (χ3n) is 4.27. The SMILES string of the molecule is Cc1nc(C2CCCN(Cc3nc(-c4ccccc4)no3)C2)no1.